The Kier molecular flexibility index (Phi) is 6.22. The number of furan rings is 1. The average Bonchev–Trinajstić information content (AvgIpc) is 3.19. The molecule has 0 bridgehead atoms. The topological polar surface area (TPSA) is 51.5 Å². The van der Waals surface area contributed by atoms with Crippen molar-refractivity contribution in [3.05, 3.63) is 90.0 Å². The molecule has 168 valence electrons. The molecule has 0 saturated heterocycles. The summed E-state index contributed by atoms with van der Waals surface area (Å²) < 4.78 is 52.0. The van der Waals surface area contributed by atoms with E-state index in [0.717, 1.165) is 34.7 Å². The molecule has 4 nitrogen and oxygen atoms in total. The molecule has 1 N–H and O–H groups in total. The van der Waals surface area contributed by atoms with E-state index in [-0.39, 0.29) is 11.5 Å². The van der Waals surface area contributed by atoms with Crippen molar-refractivity contribution in [1.29, 1.82) is 0 Å². The van der Waals surface area contributed by atoms with Crippen molar-refractivity contribution in [3.8, 4) is 16.9 Å². The van der Waals surface area contributed by atoms with Crippen LogP contribution in [0.5, 0.6) is 5.75 Å². The van der Waals surface area contributed by atoms with Gasteiger partial charge in [0.1, 0.15) is 28.8 Å². The molecule has 1 amide bonds. The molecule has 0 spiro atoms. The maximum atomic E-state index is 13.9. The van der Waals surface area contributed by atoms with Gasteiger partial charge in [0.15, 0.2) is 0 Å². The molecule has 1 aromatic heterocycles. The lowest BCUT2D eigenvalue weighted by Gasteiger charge is -2.12. The third-order valence-corrected chi connectivity index (χ3v) is 5.09. The molecule has 0 atom stereocenters. The summed E-state index contributed by atoms with van der Waals surface area (Å²) in [6.07, 6.45) is 2.86. The number of allylic oxidation sites excluding steroid dienone is 1. The molecule has 0 radical (unpaired) electrons. The van der Waals surface area contributed by atoms with Crippen LogP contribution < -0.4 is 10.1 Å². The van der Waals surface area contributed by atoms with Gasteiger partial charge >= 0.3 is 0 Å². The second kappa shape index (κ2) is 9.24. The van der Waals surface area contributed by atoms with Gasteiger partial charge in [-0.3, -0.25) is 4.79 Å². The Morgan fingerprint density at radius 2 is 1.76 bits per heavy atom. The number of fused-ring (bicyclic) bond motifs is 1. The van der Waals surface area contributed by atoms with E-state index in [0.29, 0.717) is 29.1 Å². The summed E-state index contributed by atoms with van der Waals surface area (Å²) in [7, 11) is 0. The Labute approximate surface area is 188 Å². The van der Waals surface area contributed by atoms with Crippen LogP contribution in [0.25, 0.3) is 27.7 Å². The number of hydrogen-bond donors (Lipinski definition) is 1. The largest absolute Gasteiger partial charge is 0.493 e. The second-order valence-corrected chi connectivity index (χ2v) is 7.37. The van der Waals surface area contributed by atoms with Crippen LogP contribution in [0, 0.1) is 17.5 Å². The standard InChI is InChI=1S/C26H20F3NO3/c1-3-32-24-13-25-20(21(14-33-25)16-4-6-17(27)7-5-16)12-19(24)15(2)10-26(31)30-23-11-18(28)8-9-22(23)29/h4-14H,3H2,1-2H3,(H,30,31)/b15-10+. The normalized spacial score (nSPS) is 11.6. The van der Waals surface area contributed by atoms with E-state index in [1.165, 1.54) is 18.2 Å². The molecule has 0 aliphatic carbocycles. The summed E-state index contributed by atoms with van der Waals surface area (Å²) in [6, 6.07) is 12.4. The number of amides is 1. The lowest BCUT2D eigenvalue weighted by Crippen LogP contribution is -2.10. The first-order valence-corrected chi connectivity index (χ1v) is 10.2. The van der Waals surface area contributed by atoms with E-state index in [1.54, 1.807) is 31.4 Å². The van der Waals surface area contributed by atoms with Crippen LogP contribution in [0.1, 0.15) is 19.4 Å². The first kappa shape index (κ1) is 22.2. The summed E-state index contributed by atoms with van der Waals surface area (Å²) in [4.78, 5) is 12.5. The Balaban J connectivity index is 1.73. The van der Waals surface area contributed by atoms with Gasteiger partial charge in [0, 0.05) is 34.7 Å². The van der Waals surface area contributed by atoms with E-state index >= 15 is 0 Å². The predicted octanol–water partition coefficient (Wildman–Crippen LogP) is 6.96. The zero-order valence-corrected chi connectivity index (χ0v) is 17.9. The van der Waals surface area contributed by atoms with Gasteiger partial charge in [0.2, 0.25) is 5.91 Å². The van der Waals surface area contributed by atoms with E-state index in [2.05, 4.69) is 5.32 Å². The van der Waals surface area contributed by atoms with Gasteiger partial charge in [-0.2, -0.15) is 0 Å². The van der Waals surface area contributed by atoms with Crippen LogP contribution in [0.4, 0.5) is 18.9 Å². The van der Waals surface area contributed by atoms with Crippen molar-refractivity contribution in [2.45, 2.75) is 13.8 Å². The molecule has 0 fully saturated rings. The summed E-state index contributed by atoms with van der Waals surface area (Å²) in [5, 5.41) is 3.11. The summed E-state index contributed by atoms with van der Waals surface area (Å²) in [6.45, 7) is 3.93. The molecule has 4 rings (SSSR count). The number of carbonyl (C=O) groups excluding carboxylic acids is 1. The van der Waals surface area contributed by atoms with Crippen LogP contribution in [-0.4, -0.2) is 12.5 Å². The molecule has 0 unspecified atom stereocenters. The average molecular weight is 451 g/mol. The van der Waals surface area contributed by atoms with Crippen molar-refractivity contribution >= 4 is 28.1 Å². The minimum absolute atomic E-state index is 0.252. The summed E-state index contributed by atoms with van der Waals surface area (Å²) in [5.74, 6) is -1.86. The van der Waals surface area contributed by atoms with Gasteiger partial charge in [-0.05, 0) is 55.3 Å². The predicted molar refractivity (Wildman–Crippen MR) is 121 cm³/mol. The fourth-order valence-corrected chi connectivity index (χ4v) is 3.53. The van der Waals surface area contributed by atoms with E-state index < -0.39 is 17.5 Å². The fourth-order valence-electron chi connectivity index (χ4n) is 3.53. The zero-order valence-electron chi connectivity index (χ0n) is 17.9. The Bertz CT molecular complexity index is 1360. The number of carbonyl (C=O) groups is 1. The number of ether oxygens (including phenoxy) is 1. The number of nitrogens with one attached hydrogen (secondary N) is 1. The van der Waals surface area contributed by atoms with Crippen LogP contribution >= 0.6 is 0 Å². The van der Waals surface area contributed by atoms with Crippen molar-refractivity contribution in [2.75, 3.05) is 11.9 Å². The van der Waals surface area contributed by atoms with Gasteiger partial charge in [-0.1, -0.05) is 12.1 Å². The van der Waals surface area contributed by atoms with Crippen LogP contribution in [-0.2, 0) is 4.79 Å². The first-order chi connectivity index (χ1) is 15.9. The summed E-state index contributed by atoms with van der Waals surface area (Å²) >= 11 is 0. The molecule has 0 aliphatic heterocycles. The molecule has 0 saturated carbocycles. The minimum atomic E-state index is -0.741. The van der Waals surface area contributed by atoms with Crippen LogP contribution in [0.15, 0.2) is 71.4 Å². The highest BCUT2D eigenvalue weighted by Gasteiger charge is 2.16. The number of benzene rings is 3. The molecule has 33 heavy (non-hydrogen) atoms. The SMILES string of the molecule is CCOc1cc2occ(-c3ccc(F)cc3)c2cc1/C(C)=C/C(=O)Nc1cc(F)ccc1F. The van der Waals surface area contributed by atoms with Crippen molar-refractivity contribution < 1.29 is 27.1 Å². The number of hydrogen-bond acceptors (Lipinski definition) is 3. The molecule has 1 heterocycles. The maximum absolute atomic E-state index is 13.9. The Hall–Kier alpha value is -4.00. The van der Waals surface area contributed by atoms with Crippen LogP contribution in [0.3, 0.4) is 0 Å². The first-order valence-electron chi connectivity index (χ1n) is 10.2. The lowest BCUT2D eigenvalue weighted by molar-refractivity contribution is -0.111. The third-order valence-electron chi connectivity index (χ3n) is 5.09. The third kappa shape index (κ3) is 4.77. The van der Waals surface area contributed by atoms with Crippen LogP contribution in [0.2, 0.25) is 0 Å². The van der Waals surface area contributed by atoms with E-state index in [9.17, 15) is 18.0 Å². The highest BCUT2D eigenvalue weighted by atomic mass is 19.1. The summed E-state index contributed by atoms with van der Waals surface area (Å²) in [5.41, 5.74) is 3.02. The smallest absolute Gasteiger partial charge is 0.248 e. The zero-order chi connectivity index (χ0) is 23.5. The second-order valence-electron chi connectivity index (χ2n) is 7.37. The molecule has 7 heteroatoms. The Morgan fingerprint density at radius 3 is 2.48 bits per heavy atom. The lowest BCUT2D eigenvalue weighted by atomic mass is 9.99. The van der Waals surface area contributed by atoms with Gasteiger partial charge < -0.3 is 14.5 Å². The van der Waals surface area contributed by atoms with Gasteiger partial charge in [-0.15, -0.1) is 0 Å². The number of anilines is 1. The number of halogens is 3. The van der Waals surface area contributed by atoms with Gasteiger partial charge in [-0.25, -0.2) is 13.2 Å². The Morgan fingerprint density at radius 1 is 1.03 bits per heavy atom. The molecule has 3 aromatic carbocycles. The fraction of sp³-hybridized carbons (Fsp3) is 0.115. The molecule has 0 aliphatic rings. The molecular weight excluding hydrogens is 431 g/mol. The molecule has 4 aromatic rings. The van der Waals surface area contributed by atoms with E-state index in [4.69, 9.17) is 9.15 Å². The van der Waals surface area contributed by atoms with E-state index in [1.807, 2.05) is 13.0 Å². The van der Waals surface area contributed by atoms with Crippen molar-refractivity contribution in [1.82, 2.24) is 0 Å². The molecular formula is C26H20F3NO3. The van der Waals surface area contributed by atoms with Gasteiger partial charge in [0.05, 0.1) is 18.6 Å². The highest BCUT2D eigenvalue weighted by molar-refractivity contribution is 6.05. The monoisotopic (exact) mass is 451 g/mol. The minimum Gasteiger partial charge on any atom is -0.493 e. The highest BCUT2D eigenvalue weighted by Crippen LogP contribution is 2.37. The number of rotatable bonds is 6. The van der Waals surface area contributed by atoms with Crippen molar-refractivity contribution in [2.24, 2.45) is 0 Å². The van der Waals surface area contributed by atoms with Gasteiger partial charge in [0.25, 0.3) is 0 Å². The van der Waals surface area contributed by atoms with Crippen molar-refractivity contribution in [3.63, 3.8) is 0 Å². The maximum Gasteiger partial charge on any atom is 0.248 e. The quantitative estimate of drug-likeness (QED) is 0.323.